The number of benzene rings is 3. The summed E-state index contributed by atoms with van der Waals surface area (Å²) in [4.78, 5) is 21.5. The number of carbonyl (C=O) groups excluding carboxylic acids is 1. The number of para-hydroxylation sites is 1. The minimum absolute atomic E-state index is 0.0178. The molecule has 2 N–H and O–H groups in total. The molecule has 0 saturated heterocycles. The smallest absolute Gasteiger partial charge is 0.247 e. The van der Waals surface area contributed by atoms with E-state index < -0.39 is 0 Å². The van der Waals surface area contributed by atoms with Gasteiger partial charge in [-0.25, -0.2) is 0 Å². The minimum atomic E-state index is -0.169. The lowest BCUT2D eigenvalue weighted by Crippen LogP contribution is -2.39. The summed E-state index contributed by atoms with van der Waals surface area (Å²) in [6.45, 7) is 3.26. The van der Waals surface area contributed by atoms with Crippen molar-refractivity contribution in [2.24, 2.45) is 0 Å². The second-order valence-corrected chi connectivity index (χ2v) is 10.4. The summed E-state index contributed by atoms with van der Waals surface area (Å²) in [7, 11) is 4.13. The van der Waals surface area contributed by atoms with Crippen LogP contribution in [-0.4, -0.2) is 61.0 Å². The number of amides is 1. The molecule has 1 atom stereocenters. The lowest BCUT2D eigenvalue weighted by atomic mass is 9.91. The fourth-order valence-electron chi connectivity index (χ4n) is 5.60. The number of ether oxygens (including phenoxy) is 1. The molecular weight excluding hydrogens is 472 g/mol. The molecule has 0 saturated carbocycles. The van der Waals surface area contributed by atoms with Crippen LogP contribution in [0.1, 0.15) is 34.0 Å². The van der Waals surface area contributed by atoms with Gasteiger partial charge < -0.3 is 24.8 Å². The van der Waals surface area contributed by atoms with Crippen molar-refractivity contribution in [3.63, 3.8) is 0 Å². The average Bonchev–Trinajstić information content (AvgIpc) is 3.55. The SMILES string of the molecule is CN(C)CCNc1ccc(/C=C/C(=O)N2CCc3c([nH]c4ccccc34)[C@H]2c2ccc3c(c2)CCO3)cc1. The van der Waals surface area contributed by atoms with Crippen molar-refractivity contribution in [3.05, 3.63) is 101 Å². The van der Waals surface area contributed by atoms with E-state index in [0.29, 0.717) is 6.54 Å². The zero-order valence-corrected chi connectivity index (χ0v) is 22.0. The summed E-state index contributed by atoms with van der Waals surface area (Å²) in [5.74, 6) is 0.975. The lowest BCUT2D eigenvalue weighted by molar-refractivity contribution is -0.128. The van der Waals surface area contributed by atoms with Gasteiger partial charge in [0.15, 0.2) is 0 Å². The van der Waals surface area contributed by atoms with Crippen LogP contribution >= 0.6 is 0 Å². The van der Waals surface area contributed by atoms with Gasteiger partial charge in [0, 0.05) is 54.4 Å². The molecule has 1 aromatic heterocycles. The highest BCUT2D eigenvalue weighted by Crippen LogP contribution is 2.40. The van der Waals surface area contributed by atoms with Crippen molar-refractivity contribution in [2.75, 3.05) is 45.7 Å². The topological polar surface area (TPSA) is 60.6 Å². The summed E-state index contributed by atoms with van der Waals surface area (Å²) in [5.41, 5.74) is 7.98. The van der Waals surface area contributed by atoms with Crippen LogP contribution in [0.25, 0.3) is 17.0 Å². The second kappa shape index (κ2) is 10.4. The molecule has 6 nitrogen and oxygen atoms in total. The molecule has 1 amide bonds. The van der Waals surface area contributed by atoms with Gasteiger partial charge in [0.1, 0.15) is 5.75 Å². The maximum Gasteiger partial charge on any atom is 0.247 e. The monoisotopic (exact) mass is 506 g/mol. The molecule has 194 valence electrons. The highest BCUT2D eigenvalue weighted by molar-refractivity contribution is 5.93. The number of anilines is 1. The predicted octanol–water partition coefficient (Wildman–Crippen LogP) is 5.26. The number of nitrogens with one attached hydrogen (secondary N) is 2. The molecule has 2 aliphatic rings. The van der Waals surface area contributed by atoms with Crippen molar-refractivity contribution >= 4 is 28.6 Å². The van der Waals surface area contributed by atoms with Gasteiger partial charge in [0.05, 0.1) is 12.6 Å². The number of aromatic amines is 1. The summed E-state index contributed by atoms with van der Waals surface area (Å²) in [6.07, 6.45) is 5.37. The molecule has 0 spiro atoms. The molecule has 6 heteroatoms. The zero-order chi connectivity index (χ0) is 26.1. The molecule has 3 heterocycles. The van der Waals surface area contributed by atoms with E-state index in [-0.39, 0.29) is 11.9 Å². The van der Waals surface area contributed by atoms with Gasteiger partial charge >= 0.3 is 0 Å². The Balaban J connectivity index is 1.27. The minimum Gasteiger partial charge on any atom is -0.493 e. The van der Waals surface area contributed by atoms with Crippen molar-refractivity contribution in [3.8, 4) is 5.75 Å². The third-order valence-electron chi connectivity index (χ3n) is 7.56. The van der Waals surface area contributed by atoms with Gasteiger partial charge in [0.25, 0.3) is 0 Å². The Morgan fingerprint density at radius 1 is 1.11 bits per heavy atom. The van der Waals surface area contributed by atoms with E-state index in [1.165, 1.54) is 16.5 Å². The molecule has 6 rings (SSSR count). The molecule has 0 unspecified atom stereocenters. The van der Waals surface area contributed by atoms with Crippen molar-refractivity contribution in [1.82, 2.24) is 14.8 Å². The first-order chi connectivity index (χ1) is 18.6. The van der Waals surface area contributed by atoms with Crippen LogP contribution in [0.2, 0.25) is 0 Å². The molecule has 0 bridgehead atoms. The third kappa shape index (κ3) is 4.79. The van der Waals surface area contributed by atoms with Crippen molar-refractivity contribution in [1.29, 1.82) is 0 Å². The molecule has 2 aliphatic heterocycles. The van der Waals surface area contributed by atoms with Gasteiger partial charge in [-0.3, -0.25) is 4.79 Å². The van der Waals surface area contributed by atoms with Crippen LogP contribution in [-0.2, 0) is 17.6 Å². The summed E-state index contributed by atoms with van der Waals surface area (Å²) < 4.78 is 5.75. The Morgan fingerprint density at radius 2 is 1.95 bits per heavy atom. The number of rotatable bonds is 7. The summed E-state index contributed by atoms with van der Waals surface area (Å²) in [6, 6.07) is 22.9. The average molecular weight is 507 g/mol. The number of hydrogen-bond donors (Lipinski definition) is 2. The Kier molecular flexibility index (Phi) is 6.64. The van der Waals surface area contributed by atoms with E-state index in [0.717, 1.165) is 66.3 Å². The van der Waals surface area contributed by atoms with E-state index in [2.05, 4.69) is 83.9 Å². The summed E-state index contributed by atoms with van der Waals surface area (Å²) >= 11 is 0. The Hall–Kier alpha value is -4.03. The first-order valence-electron chi connectivity index (χ1n) is 13.4. The zero-order valence-electron chi connectivity index (χ0n) is 22.0. The molecule has 0 radical (unpaired) electrons. The predicted molar refractivity (Wildman–Crippen MR) is 154 cm³/mol. The first-order valence-corrected chi connectivity index (χ1v) is 13.4. The molecular formula is C32H34N4O2. The fraction of sp³-hybridized carbons (Fsp3) is 0.281. The fourth-order valence-corrected chi connectivity index (χ4v) is 5.60. The number of carbonyl (C=O) groups is 1. The van der Waals surface area contributed by atoms with Gasteiger partial charge in [-0.2, -0.15) is 0 Å². The Labute approximate surface area is 223 Å². The first kappa shape index (κ1) is 24.3. The van der Waals surface area contributed by atoms with E-state index in [4.69, 9.17) is 4.74 Å². The Morgan fingerprint density at radius 3 is 2.79 bits per heavy atom. The quantitative estimate of drug-likeness (QED) is 0.336. The largest absolute Gasteiger partial charge is 0.493 e. The normalized spacial score (nSPS) is 16.6. The molecule has 3 aromatic carbocycles. The standard InChI is InChI=1S/C32H34N4O2/c1-35(2)19-17-33-25-11-7-22(8-12-25)9-14-30(37)36-18-15-27-26-5-3-4-6-28(26)34-31(27)32(36)24-10-13-29-23(21-24)16-20-38-29/h3-14,21,32-34H,15-20H2,1-2H3/b14-9+/t32-/m1/s1. The maximum atomic E-state index is 13.7. The molecule has 0 aliphatic carbocycles. The van der Waals surface area contributed by atoms with Gasteiger partial charge in [-0.05, 0) is 79.2 Å². The van der Waals surface area contributed by atoms with Crippen LogP contribution in [0, 0.1) is 0 Å². The number of likely N-dealkylation sites (N-methyl/N-ethyl adjacent to an activating group) is 1. The van der Waals surface area contributed by atoms with E-state index in [1.807, 2.05) is 23.1 Å². The maximum absolute atomic E-state index is 13.7. The lowest BCUT2D eigenvalue weighted by Gasteiger charge is -2.36. The highest BCUT2D eigenvalue weighted by Gasteiger charge is 2.34. The highest BCUT2D eigenvalue weighted by atomic mass is 16.5. The van der Waals surface area contributed by atoms with E-state index in [9.17, 15) is 4.79 Å². The molecule has 4 aromatic rings. The molecule has 38 heavy (non-hydrogen) atoms. The number of fused-ring (bicyclic) bond motifs is 4. The van der Waals surface area contributed by atoms with Gasteiger partial charge in [0.2, 0.25) is 5.91 Å². The van der Waals surface area contributed by atoms with Gasteiger partial charge in [-0.15, -0.1) is 0 Å². The number of nitrogens with zero attached hydrogens (tertiary/aromatic N) is 2. The van der Waals surface area contributed by atoms with E-state index in [1.54, 1.807) is 6.08 Å². The second-order valence-electron chi connectivity index (χ2n) is 10.4. The number of H-pyrrole nitrogens is 1. The number of hydrogen-bond acceptors (Lipinski definition) is 4. The third-order valence-corrected chi connectivity index (χ3v) is 7.56. The number of aromatic nitrogens is 1. The van der Waals surface area contributed by atoms with Crippen LogP contribution in [0.15, 0.2) is 72.8 Å². The van der Waals surface area contributed by atoms with Crippen LogP contribution < -0.4 is 10.1 Å². The summed E-state index contributed by atoms with van der Waals surface area (Å²) in [5, 5.41) is 4.68. The van der Waals surface area contributed by atoms with Crippen LogP contribution in [0.3, 0.4) is 0 Å². The van der Waals surface area contributed by atoms with Crippen LogP contribution in [0.5, 0.6) is 5.75 Å². The van der Waals surface area contributed by atoms with Crippen LogP contribution in [0.4, 0.5) is 5.69 Å². The van der Waals surface area contributed by atoms with Gasteiger partial charge in [-0.1, -0.05) is 36.4 Å². The molecule has 0 fully saturated rings. The van der Waals surface area contributed by atoms with E-state index >= 15 is 0 Å². The van der Waals surface area contributed by atoms with Crippen molar-refractivity contribution in [2.45, 2.75) is 18.9 Å². The van der Waals surface area contributed by atoms with Crippen molar-refractivity contribution < 1.29 is 9.53 Å². The Bertz CT molecular complexity index is 1490.